The zero-order chi connectivity index (χ0) is 27.4. The normalized spacial score (nSPS) is 11.2. The molecule has 0 aromatic heterocycles. The largest absolute Gasteiger partial charge is 0.310 e. The van der Waals surface area contributed by atoms with Gasteiger partial charge in [0.25, 0.3) is 0 Å². The van der Waals surface area contributed by atoms with Crippen LogP contribution in [-0.4, -0.2) is 0 Å². The van der Waals surface area contributed by atoms with Gasteiger partial charge in [0.2, 0.25) is 0 Å². The summed E-state index contributed by atoms with van der Waals surface area (Å²) in [6, 6.07) is 44.7. The molecule has 0 saturated heterocycles. The second kappa shape index (κ2) is 11.8. The van der Waals surface area contributed by atoms with Gasteiger partial charge in [-0.2, -0.15) is 0 Å². The number of rotatable bonds is 8. The van der Waals surface area contributed by atoms with E-state index in [2.05, 4.69) is 147 Å². The SMILES string of the molecule is CC(C)c1ccccc1N(c1cc(Cl)cc(N(c2ccccc2)c2ccccc2)c1)c1ccccc1C(C)C. The van der Waals surface area contributed by atoms with Gasteiger partial charge in [-0.3, -0.25) is 0 Å². The van der Waals surface area contributed by atoms with Gasteiger partial charge in [-0.05, 0) is 77.6 Å². The number of para-hydroxylation sites is 4. The number of hydrogen-bond donors (Lipinski definition) is 0. The van der Waals surface area contributed by atoms with Crippen LogP contribution >= 0.6 is 11.6 Å². The molecular formula is C36H35ClN2. The number of halogens is 1. The molecule has 196 valence electrons. The van der Waals surface area contributed by atoms with Gasteiger partial charge >= 0.3 is 0 Å². The summed E-state index contributed by atoms with van der Waals surface area (Å²) in [5.74, 6) is 0.720. The van der Waals surface area contributed by atoms with Gasteiger partial charge in [0, 0.05) is 39.1 Å². The lowest BCUT2D eigenvalue weighted by atomic mass is 9.96. The van der Waals surface area contributed by atoms with E-state index in [1.165, 1.54) is 22.5 Å². The lowest BCUT2D eigenvalue weighted by molar-refractivity contribution is 0.854. The highest BCUT2D eigenvalue weighted by molar-refractivity contribution is 6.31. The van der Waals surface area contributed by atoms with E-state index in [1.807, 2.05) is 18.2 Å². The zero-order valence-corrected chi connectivity index (χ0v) is 23.8. The highest BCUT2D eigenvalue weighted by atomic mass is 35.5. The van der Waals surface area contributed by atoms with Crippen LogP contribution < -0.4 is 9.80 Å². The Hall–Kier alpha value is -4.01. The average Bonchev–Trinajstić information content (AvgIpc) is 2.95. The minimum atomic E-state index is 0.360. The Kier molecular flexibility index (Phi) is 8.05. The molecule has 39 heavy (non-hydrogen) atoms. The topological polar surface area (TPSA) is 6.48 Å². The maximum Gasteiger partial charge on any atom is 0.0497 e. The van der Waals surface area contributed by atoms with Crippen LogP contribution in [0.2, 0.25) is 5.02 Å². The van der Waals surface area contributed by atoms with E-state index in [0.717, 1.165) is 22.7 Å². The van der Waals surface area contributed by atoms with Gasteiger partial charge in [0.15, 0.2) is 0 Å². The molecule has 0 amide bonds. The van der Waals surface area contributed by atoms with Crippen molar-refractivity contribution in [3.63, 3.8) is 0 Å². The quantitative estimate of drug-likeness (QED) is 0.197. The van der Waals surface area contributed by atoms with Gasteiger partial charge in [0.1, 0.15) is 0 Å². The van der Waals surface area contributed by atoms with Crippen LogP contribution in [0.3, 0.4) is 0 Å². The van der Waals surface area contributed by atoms with E-state index < -0.39 is 0 Å². The third kappa shape index (κ3) is 5.72. The fourth-order valence-corrected chi connectivity index (χ4v) is 5.41. The Balaban J connectivity index is 1.77. The zero-order valence-electron chi connectivity index (χ0n) is 23.1. The summed E-state index contributed by atoms with van der Waals surface area (Å²) >= 11 is 6.94. The first-order valence-corrected chi connectivity index (χ1v) is 14.0. The molecule has 0 spiro atoms. The van der Waals surface area contributed by atoms with Crippen molar-refractivity contribution in [2.75, 3.05) is 9.80 Å². The standard InChI is InChI=1S/C36H35ClN2/c1-26(2)33-19-11-13-21-35(33)39(36-22-14-12-20-34(36)27(3)4)32-24-28(37)23-31(25-32)38(29-15-7-5-8-16-29)30-17-9-6-10-18-30/h5-27H,1-4H3. The summed E-state index contributed by atoms with van der Waals surface area (Å²) in [6.07, 6.45) is 0. The Morgan fingerprint density at radius 2 is 0.821 bits per heavy atom. The van der Waals surface area contributed by atoms with Crippen molar-refractivity contribution in [1.29, 1.82) is 0 Å². The smallest absolute Gasteiger partial charge is 0.0497 e. The van der Waals surface area contributed by atoms with E-state index in [0.29, 0.717) is 16.9 Å². The third-order valence-electron chi connectivity index (χ3n) is 7.01. The average molecular weight is 531 g/mol. The molecule has 5 aromatic rings. The van der Waals surface area contributed by atoms with E-state index in [4.69, 9.17) is 11.6 Å². The molecule has 2 nitrogen and oxygen atoms in total. The summed E-state index contributed by atoms with van der Waals surface area (Å²) in [7, 11) is 0. The molecule has 0 aliphatic carbocycles. The van der Waals surface area contributed by atoms with Crippen LogP contribution in [0.15, 0.2) is 127 Å². The molecule has 5 aromatic carbocycles. The highest BCUT2D eigenvalue weighted by Crippen LogP contribution is 2.45. The van der Waals surface area contributed by atoms with Crippen molar-refractivity contribution in [2.45, 2.75) is 39.5 Å². The predicted molar refractivity (Wildman–Crippen MR) is 169 cm³/mol. The van der Waals surface area contributed by atoms with E-state index in [-0.39, 0.29) is 0 Å². The first kappa shape index (κ1) is 26.6. The molecule has 5 rings (SSSR count). The van der Waals surface area contributed by atoms with Crippen molar-refractivity contribution < 1.29 is 0 Å². The van der Waals surface area contributed by atoms with Crippen LogP contribution in [0, 0.1) is 0 Å². The predicted octanol–water partition coefficient (Wildman–Crippen LogP) is 11.5. The van der Waals surface area contributed by atoms with Crippen molar-refractivity contribution >= 4 is 45.7 Å². The summed E-state index contributed by atoms with van der Waals surface area (Å²) in [5, 5.41) is 0.688. The van der Waals surface area contributed by atoms with Crippen LogP contribution in [0.1, 0.15) is 50.7 Å². The van der Waals surface area contributed by atoms with Crippen molar-refractivity contribution in [2.24, 2.45) is 0 Å². The molecule has 3 heteroatoms. The summed E-state index contributed by atoms with van der Waals surface area (Å²) < 4.78 is 0. The molecule has 0 heterocycles. The van der Waals surface area contributed by atoms with Crippen LogP contribution in [-0.2, 0) is 0 Å². The Morgan fingerprint density at radius 3 is 1.26 bits per heavy atom. The molecular weight excluding hydrogens is 496 g/mol. The number of benzene rings is 5. The molecule has 0 aliphatic rings. The third-order valence-corrected chi connectivity index (χ3v) is 7.23. The van der Waals surface area contributed by atoms with E-state index in [9.17, 15) is 0 Å². The van der Waals surface area contributed by atoms with Gasteiger partial charge in [-0.15, -0.1) is 0 Å². The van der Waals surface area contributed by atoms with Crippen LogP contribution in [0.5, 0.6) is 0 Å². The van der Waals surface area contributed by atoms with Crippen molar-refractivity contribution in [3.8, 4) is 0 Å². The lowest BCUT2D eigenvalue weighted by Crippen LogP contribution is -2.16. The molecule has 0 atom stereocenters. The Labute approximate surface area is 238 Å². The molecule has 0 bridgehead atoms. The minimum absolute atomic E-state index is 0.360. The summed E-state index contributed by atoms with van der Waals surface area (Å²) in [5.41, 5.74) is 9.10. The maximum absolute atomic E-state index is 6.94. The van der Waals surface area contributed by atoms with Crippen molar-refractivity contribution in [1.82, 2.24) is 0 Å². The number of anilines is 6. The molecule has 0 unspecified atom stereocenters. The highest BCUT2D eigenvalue weighted by Gasteiger charge is 2.23. The maximum atomic E-state index is 6.94. The molecule has 0 N–H and O–H groups in total. The minimum Gasteiger partial charge on any atom is -0.310 e. The van der Waals surface area contributed by atoms with Crippen molar-refractivity contribution in [3.05, 3.63) is 144 Å². The van der Waals surface area contributed by atoms with E-state index >= 15 is 0 Å². The second-order valence-electron chi connectivity index (χ2n) is 10.4. The fourth-order valence-electron chi connectivity index (χ4n) is 5.19. The lowest BCUT2D eigenvalue weighted by Gasteiger charge is -2.33. The number of hydrogen-bond acceptors (Lipinski definition) is 2. The molecule has 0 fully saturated rings. The van der Waals surface area contributed by atoms with Crippen LogP contribution in [0.4, 0.5) is 34.1 Å². The monoisotopic (exact) mass is 530 g/mol. The van der Waals surface area contributed by atoms with Gasteiger partial charge in [-0.1, -0.05) is 112 Å². The first-order valence-electron chi connectivity index (χ1n) is 13.6. The molecule has 0 radical (unpaired) electrons. The van der Waals surface area contributed by atoms with Gasteiger partial charge in [-0.25, -0.2) is 0 Å². The van der Waals surface area contributed by atoms with E-state index in [1.54, 1.807) is 0 Å². The van der Waals surface area contributed by atoms with Crippen LogP contribution in [0.25, 0.3) is 0 Å². The Bertz CT molecular complexity index is 1440. The Morgan fingerprint density at radius 1 is 0.436 bits per heavy atom. The molecule has 0 aliphatic heterocycles. The number of nitrogens with zero attached hydrogens (tertiary/aromatic N) is 2. The summed E-state index contributed by atoms with van der Waals surface area (Å²) in [6.45, 7) is 9.01. The molecule has 0 saturated carbocycles. The fraction of sp³-hybridized carbons (Fsp3) is 0.167. The first-order chi connectivity index (χ1) is 18.9. The second-order valence-corrected chi connectivity index (χ2v) is 10.9. The summed E-state index contributed by atoms with van der Waals surface area (Å²) in [4.78, 5) is 4.64. The van der Waals surface area contributed by atoms with Gasteiger partial charge in [0.05, 0.1) is 0 Å². The van der Waals surface area contributed by atoms with Gasteiger partial charge < -0.3 is 9.80 Å².